The molecule has 1 fully saturated rings. The van der Waals surface area contributed by atoms with Crippen molar-refractivity contribution in [3.8, 4) is 0 Å². The summed E-state index contributed by atoms with van der Waals surface area (Å²) in [7, 11) is 0. The van der Waals surface area contributed by atoms with Crippen LogP contribution in [0.25, 0.3) is 10.2 Å². The summed E-state index contributed by atoms with van der Waals surface area (Å²) in [4.78, 5) is 8.74. The number of hydrogen-bond acceptors (Lipinski definition) is 4. The molecule has 2 aromatic heterocycles. The number of hydrogen-bond donors (Lipinski definition) is 1. The first-order chi connectivity index (χ1) is 8.25. The number of thiophene rings is 1. The van der Waals surface area contributed by atoms with Crippen LogP contribution in [-0.4, -0.2) is 16.0 Å². The molecular formula is C13H17N3S. The minimum absolute atomic E-state index is 0.518. The summed E-state index contributed by atoms with van der Waals surface area (Å²) in [6, 6.07) is 0.518. The molecule has 1 unspecified atom stereocenters. The van der Waals surface area contributed by atoms with Gasteiger partial charge in [-0.15, -0.1) is 11.3 Å². The number of rotatable bonds is 3. The highest BCUT2D eigenvalue weighted by Gasteiger charge is 2.24. The summed E-state index contributed by atoms with van der Waals surface area (Å²) in [6.45, 7) is 4.36. The average molecular weight is 247 g/mol. The Morgan fingerprint density at radius 3 is 2.94 bits per heavy atom. The van der Waals surface area contributed by atoms with Crippen LogP contribution >= 0.6 is 11.3 Å². The van der Waals surface area contributed by atoms with E-state index in [9.17, 15) is 0 Å². The van der Waals surface area contributed by atoms with Gasteiger partial charge in [-0.05, 0) is 43.6 Å². The van der Waals surface area contributed by atoms with E-state index in [-0.39, 0.29) is 0 Å². The van der Waals surface area contributed by atoms with Crippen molar-refractivity contribution in [2.24, 2.45) is 5.92 Å². The van der Waals surface area contributed by atoms with Crippen LogP contribution < -0.4 is 5.32 Å². The van der Waals surface area contributed by atoms with E-state index in [1.54, 1.807) is 17.7 Å². The van der Waals surface area contributed by atoms with Gasteiger partial charge in [0.15, 0.2) is 0 Å². The van der Waals surface area contributed by atoms with Gasteiger partial charge in [-0.1, -0.05) is 6.42 Å². The van der Waals surface area contributed by atoms with Gasteiger partial charge in [0, 0.05) is 6.04 Å². The Hall–Kier alpha value is -1.16. The Kier molecular flexibility index (Phi) is 2.74. The number of aromatic nitrogens is 2. The van der Waals surface area contributed by atoms with E-state index in [4.69, 9.17) is 0 Å². The van der Waals surface area contributed by atoms with Gasteiger partial charge in [0.25, 0.3) is 0 Å². The van der Waals surface area contributed by atoms with E-state index >= 15 is 0 Å². The van der Waals surface area contributed by atoms with Gasteiger partial charge < -0.3 is 5.32 Å². The molecule has 1 N–H and O–H groups in total. The van der Waals surface area contributed by atoms with Crippen molar-refractivity contribution in [2.75, 3.05) is 5.32 Å². The summed E-state index contributed by atoms with van der Waals surface area (Å²) >= 11 is 1.73. The van der Waals surface area contributed by atoms with Gasteiger partial charge in [0.2, 0.25) is 0 Å². The fourth-order valence-corrected chi connectivity index (χ4v) is 3.30. The van der Waals surface area contributed by atoms with E-state index in [0.29, 0.717) is 6.04 Å². The van der Waals surface area contributed by atoms with Crippen LogP contribution in [0.4, 0.5) is 5.82 Å². The molecule has 1 saturated carbocycles. The molecule has 0 spiro atoms. The van der Waals surface area contributed by atoms with E-state index < -0.39 is 0 Å². The fourth-order valence-electron chi connectivity index (χ4n) is 2.35. The number of anilines is 1. The second kappa shape index (κ2) is 4.26. The third kappa shape index (κ3) is 1.90. The standard InChI is InChI=1S/C13H17N3S/c1-8-6-17-12-11(8)14-7-15-13(12)16-9(2)10-4-3-5-10/h6-7,9-10H,3-5H2,1-2H3,(H,14,15,16). The predicted molar refractivity (Wildman–Crippen MR) is 72.6 cm³/mol. The minimum Gasteiger partial charge on any atom is -0.366 e. The summed E-state index contributed by atoms with van der Waals surface area (Å²) in [5, 5.41) is 5.71. The first-order valence-corrected chi connectivity index (χ1v) is 7.09. The van der Waals surface area contributed by atoms with Crippen LogP contribution in [0.15, 0.2) is 11.7 Å². The van der Waals surface area contributed by atoms with Gasteiger partial charge in [0.1, 0.15) is 12.1 Å². The topological polar surface area (TPSA) is 37.8 Å². The van der Waals surface area contributed by atoms with E-state index in [0.717, 1.165) is 17.3 Å². The first-order valence-electron chi connectivity index (χ1n) is 6.21. The third-order valence-corrected chi connectivity index (χ3v) is 4.85. The molecule has 90 valence electrons. The Morgan fingerprint density at radius 1 is 1.41 bits per heavy atom. The molecule has 4 heteroatoms. The summed E-state index contributed by atoms with van der Waals surface area (Å²) in [6.07, 6.45) is 5.75. The molecule has 1 aliphatic rings. The predicted octanol–water partition coefficient (Wildman–Crippen LogP) is 3.60. The quantitative estimate of drug-likeness (QED) is 0.900. The minimum atomic E-state index is 0.518. The van der Waals surface area contributed by atoms with Crippen LogP contribution in [0.3, 0.4) is 0 Å². The fraction of sp³-hybridized carbons (Fsp3) is 0.538. The van der Waals surface area contributed by atoms with Gasteiger partial charge in [-0.25, -0.2) is 9.97 Å². The van der Waals surface area contributed by atoms with Gasteiger partial charge in [-0.3, -0.25) is 0 Å². The molecule has 17 heavy (non-hydrogen) atoms. The van der Waals surface area contributed by atoms with Crippen molar-refractivity contribution in [3.63, 3.8) is 0 Å². The van der Waals surface area contributed by atoms with Crippen LogP contribution in [-0.2, 0) is 0 Å². The lowest BCUT2D eigenvalue weighted by molar-refractivity contribution is 0.285. The van der Waals surface area contributed by atoms with E-state index in [2.05, 4.69) is 34.5 Å². The zero-order valence-corrected chi connectivity index (χ0v) is 11.0. The summed E-state index contributed by atoms with van der Waals surface area (Å²) < 4.78 is 1.19. The number of nitrogens with one attached hydrogen (secondary N) is 1. The third-order valence-electron chi connectivity index (χ3n) is 3.75. The van der Waals surface area contributed by atoms with Crippen molar-refractivity contribution >= 4 is 27.4 Å². The second-order valence-electron chi connectivity index (χ2n) is 4.94. The highest BCUT2D eigenvalue weighted by molar-refractivity contribution is 7.18. The molecule has 2 heterocycles. The maximum Gasteiger partial charge on any atom is 0.147 e. The molecule has 1 atom stereocenters. The molecule has 0 saturated heterocycles. The van der Waals surface area contributed by atoms with Crippen molar-refractivity contribution in [1.82, 2.24) is 9.97 Å². The lowest BCUT2D eigenvalue weighted by Gasteiger charge is -2.32. The van der Waals surface area contributed by atoms with Crippen LogP contribution in [0.1, 0.15) is 31.7 Å². The van der Waals surface area contributed by atoms with E-state index in [1.807, 2.05) is 0 Å². The Labute approximate surface area is 105 Å². The number of aryl methyl sites for hydroxylation is 1. The number of nitrogens with zero attached hydrogens (tertiary/aromatic N) is 2. The highest BCUT2D eigenvalue weighted by atomic mass is 32.1. The van der Waals surface area contributed by atoms with Crippen LogP contribution in [0.2, 0.25) is 0 Å². The molecule has 3 rings (SSSR count). The first kappa shape index (κ1) is 11.0. The Bertz CT molecular complexity index is 530. The smallest absolute Gasteiger partial charge is 0.147 e. The van der Waals surface area contributed by atoms with Crippen molar-refractivity contribution in [2.45, 2.75) is 39.2 Å². The summed E-state index contributed by atoms with van der Waals surface area (Å²) in [5.41, 5.74) is 2.33. The molecule has 0 radical (unpaired) electrons. The molecule has 3 nitrogen and oxygen atoms in total. The lowest BCUT2D eigenvalue weighted by Crippen LogP contribution is -2.31. The SMILES string of the molecule is Cc1csc2c(NC(C)C3CCC3)ncnc12. The maximum atomic E-state index is 4.39. The van der Waals surface area contributed by atoms with Gasteiger partial charge >= 0.3 is 0 Å². The molecule has 0 amide bonds. The summed E-state index contributed by atoms with van der Waals surface area (Å²) in [5.74, 6) is 1.83. The molecule has 0 bridgehead atoms. The van der Waals surface area contributed by atoms with Gasteiger partial charge in [-0.2, -0.15) is 0 Å². The normalized spacial score (nSPS) is 18.0. The number of fused-ring (bicyclic) bond motifs is 1. The van der Waals surface area contributed by atoms with Crippen molar-refractivity contribution < 1.29 is 0 Å². The molecule has 0 aliphatic heterocycles. The van der Waals surface area contributed by atoms with Gasteiger partial charge in [0.05, 0.1) is 10.2 Å². The van der Waals surface area contributed by atoms with Crippen molar-refractivity contribution in [3.05, 3.63) is 17.3 Å². The van der Waals surface area contributed by atoms with Crippen molar-refractivity contribution in [1.29, 1.82) is 0 Å². The largest absolute Gasteiger partial charge is 0.366 e. The monoisotopic (exact) mass is 247 g/mol. The maximum absolute atomic E-state index is 4.39. The zero-order valence-electron chi connectivity index (χ0n) is 10.2. The highest BCUT2D eigenvalue weighted by Crippen LogP contribution is 2.33. The molecule has 0 aromatic carbocycles. The van der Waals surface area contributed by atoms with Crippen LogP contribution in [0, 0.1) is 12.8 Å². The Balaban J connectivity index is 1.89. The van der Waals surface area contributed by atoms with Crippen LogP contribution in [0.5, 0.6) is 0 Å². The molecule has 1 aliphatic carbocycles. The molecule has 2 aromatic rings. The molecular weight excluding hydrogens is 230 g/mol. The lowest BCUT2D eigenvalue weighted by atomic mass is 9.80. The second-order valence-corrected chi connectivity index (χ2v) is 5.82. The Morgan fingerprint density at radius 2 is 2.24 bits per heavy atom. The average Bonchev–Trinajstić information content (AvgIpc) is 2.59. The van der Waals surface area contributed by atoms with E-state index in [1.165, 1.54) is 29.5 Å². The zero-order chi connectivity index (χ0) is 11.8.